The predicted molar refractivity (Wildman–Crippen MR) is 103 cm³/mol. The minimum absolute atomic E-state index is 0.170. The van der Waals surface area contributed by atoms with E-state index in [2.05, 4.69) is 29.3 Å². The van der Waals surface area contributed by atoms with E-state index in [0.29, 0.717) is 0 Å². The fraction of sp³-hybridized carbons (Fsp3) is 0.316. The lowest BCUT2D eigenvalue weighted by molar-refractivity contribution is -0.107. The Morgan fingerprint density at radius 1 is 1.08 bits per heavy atom. The highest BCUT2D eigenvalue weighted by Crippen LogP contribution is 2.19. The molecule has 0 aliphatic heterocycles. The molecule has 3 N–H and O–H groups in total. The summed E-state index contributed by atoms with van der Waals surface area (Å²) in [5.41, 5.74) is 8.49. The maximum atomic E-state index is 10.9. The summed E-state index contributed by atoms with van der Waals surface area (Å²) in [7, 11) is 1.67. The van der Waals surface area contributed by atoms with Crippen LogP contribution in [0.2, 0.25) is 0 Å². The van der Waals surface area contributed by atoms with Gasteiger partial charge in [-0.15, -0.1) is 0 Å². The quantitative estimate of drug-likeness (QED) is 0.513. The smallest absolute Gasteiger partial charge is 0.215 e. The molecule has 0 heterocycles. The molecule has 1 amide bonds. The normalized spacial score (nSPS) is 10.2. The van der Waals surface area contributed by atoms with Gasteiger partial charge >= 0.3 is 0 Å². The van der Waals surface area contributed by atoms with E-state index < -0.39 is 0 Å². The van der Waals surface area contributed by atoms with Crippen LogP contribution < -0.4 is 25.6 Å². The minimum atomic E-state index is 0.170. The number of hydrogen-bond donors (Lipinski definition) is 2. The van der Waals surface area contributed by atoms with Gasteiger partial charge in [-0.25, -0.2) is 0 Å². The Morgan fingerprint density at radius 3 is 2.24 bits per heavy atom. The second-order valence-corrected chi connectivity index (χ2v) is 5.51. The van der Waals surface area contributed by atoms with Crippen molar-refractivity contribution in [3.8, 4) is 5.75 Å². The van der Waals surface area contributed by atoms with Gasteiger partial charge in [-0.1, -0.05) is 0 Å². The summed E-state index contributed by atoms with van der Waals surface area (Å²) in [6, 6.07) is 15.7. The van der Waals surface area contributed by atoms with Crippen molar-refractivity contribution in [3.63, 3.8) is 0 Å². The molecule has 2 rings (SSSR count). The Morgan fingerprint density at radius 2 is 1.72 bits per heavy atom. The summed E-state index contributed by atoms with van der Waals surface area (Å²) in [6.45, 7) is 4.93. The largest absolute Gasteiger partial charge is 0.497 e. The number of benzene rings is 2. The first-order valence-corrected chi connectivity index (χ1v) is 8.36. The molecule has 0 aliphatic carbocycles. The molecule has 6 heteroatoms. The second kappa shape index (κ2) is 9.54. The summed E-state index contributed by atoms with van der Waals surface area (Å²) in [6.07, 6.45) is 0.733. The van der Waals surface area contributed by atoms with Crippen LogP contribution in [0.5, 0.6) is 5.75 Å². The number of carbonyl (C=O) groups is 1. The molecule has 2 aromatic rings. The zero-order chi connectivity index (χ0) is 18.1. The summed E-state index contributed by atoms with van der Waals surface area (Å²) in [5.74, 6) is 0.861. The third-order valence-corrected chi connectivity index (χ3v) is 4.05. The molecule has 0 spiro atoms. The zero-order valence-electron chi connectivity index (χ0n) is 14.8. The van der Waals surface area contributed by atoms with E-state index in [0.717, 1.165) is 43.2 Å². The van der Waals surface area contributed by atoms with Crippen LogP contribution in [-0.4, -0.2) is 39.8 Å². The number of hydrogen-bond acceptors (Lipinski definition) is 5. The molecule has 0 saturated heterocycles. The van der Waals surface area contributed by atoms with Crippen molar-refractivity contribution in [3.05, 3.63) is 48.5 Å². The van der Waals surface area contributed by atoms with Gasteiger partial charge in [0.1, 0.15) is 5.75 Å². The molecule has 134 valence electrons. The number of ether oxygens (including phenoxy) is 1. The number of nitrogens with two attached hydrogens (primary N) is 1. The molecule has 0 atom stereocenters. The standard InChI is InChI=1S/C19H26N4O2/c1-3-22(17-8-10-19(25-2)11-9-17)13-12-21-16-4-6-18(7-5-16)23(14-20)15-24/h4-11,15,21H,3,12-14,20H2,1-2H3. The van der Waals surface area contributed by atoms with Crippen molar-refractivity contribution >= 4 is 23.5 Å². The van der Waals surface area contributed by atoms with Crippen molar-refractivity contribution < 1.29 is 9.53 Å². The Bertz CT molecular complexity index is 643. The van der Waals surface area contributed by atoms with Crippen LogP contribution in [0.25, 0.3) is 0 Å². The molecule has 0 aromatic heterocycles. The van der Waals surface area contributed by atoms with Crippen LogP contribution in [0.4, 0.5) is 17.1 Å². The molecule has 0 unspecified atom stereocenters. The first kappa shape index (κ1) is 18.6. The molecule has 25 heavy (non-hydrogen) atoms. The third kappa shape index (κ3) is 5.12. The van der Waals surface area contributed by atoms with E-state index in [-0.39, 0.29) is 6.67 Å². The fourth-order valence-electron chi connectivity index (χ4n) is 2.58. The van der Waals surface area contributed by atoms with Crippen molar-refractivity contribution in [1.82, 2.24) is 0 Å². The van der Waals surface area contributed by atoms with Gasteiger partial charge in [-0.2, -0.15) is 0 Å². The Labute approximate surface area is 149 Å². The van der Waals surface area contributed by atoms with Crippen LogP contribution in [0, 0.1) is 0 Å². The second-order valence-electron chi connectivity index (χ2n) is 5.51. The minimum Gasteiger partial charge on any atom is -0.497 e. The molecule has 0 saturated carbocycles. The van der Waals surface area contributed by atoms with Crippen LogP contribution >= 0.6 is 0 Å². The van der Waals surface area contributed by atoms with Crippen molar-refractivity contribution in [1.29, 1.82) is 0 Å². The lowest BCUT2D eigenvalue weighted by atomic mass is 10.2. The summed E-state index contributed by atoms with van der Waals surface area (Å²) in [4.78, 5) is 14.6. The SMILES string of the molecule is CCN(CCNc1ccc(N(C=O)CN)cc1)c1ccc(OC)cc1. The highest BCUT2D eigenvalue weighted by molar-refractivity contribution is 5.75. The van der Waals surface area contributed by atoms with Gasteiger partial charge in [0, 0.05) is 36.7 Å². The molecule has 0 bridgehead atoms. The van der Waals surface area contributed by atoms with Crippen molar-refractivity contribution in [2.75, 3.05) is 48.5 Å². The van der Waals surface area contributed by atoms with Gasteiger partial charge in [-0.3, -0.25) is 4.79 Å². The average molecular weight is 342 g/mol. The predicted octanol–water partition coefficient (Wildman–Crippen LogP) is 2.51. The Hall–Kier alpha value is -2.73. The van der Waals surface area contributed by atoms with E-state index in [9.17, 15) is 4.79 Å². The molecule has 0 fully saturated rings. The summed E-state index contributed by atoms with van der Waals surface area (Å²) in [5, 5.41) is 3.40. The Kier molecular flexibility index (Phi) is 7.10. The summed E-state index contributed by atoms with van der Waals surface area (Å²) >= 11 is 0. The van der Waals surface area contributed by atoms with Crippen LogP contribution in [0.1, 0.15) is 6.92 Å². The fourth-order valence-corrected chi connectivity index (χ4v) is 2.58. The van der Waals surface area contributed by atoms with E-state index in [1.54, 1.807) is 7.11 Å². The number of carbonyl (C=O) groups excluding carboxylic acids is 1. The third-order valence-electron chi connectivity index (χ3n) is 4.05. The number of amides is 1. The topological polar surface area (TPSA) is 70.8 Å². The maximum absolute atomic E-state index is 10.9. The van der Waals surface area contributed by atoms with Crippen molar-refractivity contribution in [2.45, 2.75) is 6.92 Å². The van der Waals surface area contributed by atoms with Gasteiger partial charge in [0.15, 0.2) is 0 Å². The number of rotatable bonds is 10. The molecule has 2 aromatic carbocycles. The maximum Gasteiger partial charge on any atom is 0.215 e. The van der Waals surface area contributed by atoms with E-state index in [4.69, 9.17) is 10.5 Å². The molecule has 6 nitrogen and oxygen atoms in total. The number of anilines is 3. The zero-order valence-corrected chi connectivity index (χ0v) is 14.8. The first-order valence-electron chi connectivity index (χ1n) is 8.36. The van der Waals surface area contributed by atoms with Gasteiger partial charge in [0.2, 0.25) is 6.41 Å². The van der Waals surface area contributed by atoms with Gasteiger partial charge in [0.25, 0.3) is 0 Å². The molecular formula is C19H26N4O2. The van der Waals surface area contributed by atoms with Crippen LogP contribution in [0.15, 0.2) is 48.5 Å². The van der Waals surface area contributed by atoms with Gasteiger partial charge in [-0.05, 0) is 55.5 Å². The van der Waals surface area contributed by atoms with Gasteiger partial charge in [0.05, 0.1) is 13.8 Å². The molecule has 0 radical (unpaired) electrons. The van der Waals surface area contributed by atoms with E-state index in [1.165, 1.54) is 10.6 Å². The van der Waals surface area contributed by atoms with E-state index in [1.807, 2.05) is 36.4 Å². The van der Waals surface area contributed by atoms with Gasteiger partial charge < -0.3 is 25.6 Å². The monoisotopic (exact) mass is 342 g/mol. The Balaban J connectivity index is 1.88. The van der Waals surface area contributed by atoms with E-state index >= 15 is 0 Å². The van der Waals surface area contributed by atoms with Crippen molar-refractivity contribution in [2.24, 2.45) is 5.73 Å². The number of likely N-dealkylation sites (N-methyl/N-ethyl adjacent to an activating group) is 1. The molecular weight excluding hydrogens is 316 g/mol. The first-order chi connectivity index (χ1) is 12.2. The van der Waals surface area contributed by atoms with Crippen LogP contribution in [-0.2, 0) is 4.79 Å². The lowest BCUT2D eigenvalue weighted by Gasteiger charge is -2.24. The number of methoxy groups -OCH3 is 1. The lowest BCUT2D eigenvalue weighted by Crippen LogP contribution is -2.29. The highest BCUT2D eigenvalue weighted by atomic mass is 16.5. The molecule has 0 aliphatic rings. The highest BCUT2D eigenvalue weighted by Gasteiger charge is 2.05. The summed E-state index contributed by atoms with van der Waals surface area (Å²) < 4.78 is 5.20. The average Bonchev–Trinajstić information content (AvgIpc) is 2.67. The number of nitrogens with zero attached hydrogens (tertiary/aromatic N) is 2. The number of nitrogens with one attached hydrogen (secondary N) is 1. The van der Waals surface area contributed by atoms with Crippen LogP contribution in [0.3, 0.4) is 0 Å².